The highest BCUT2D eigenvalue weighted by Crippen LogP contribution is 2.28. The van der Waals surface area contributed by atoms with E-state index in [9.17, 15) is 0 Å². The third kappa shape index (κ3) is 2.24. The van der Waals surface area contributed by atoms with Crippen LogP contribution in [-0.4, -0.2) is 17.1 Å². The van der Waals surface area contributed by atoms with E-state index in [0.29, 0.717) is 0 Å². The van der Waals surface area contributed by atoms with Gasteiger partial charge in [-0.25, -0.2) is 4.98 Å². The molecule has 3 nitrogen and oxygen atoms in total. The minimum Gasteiger partial charge on any atom is -0.497 e. The van der Waals surface area contributed by atoms with E-state index < -0.39 is 0 Å². The molecule has 1 aromatic heterocycles. The molecule has 2 rings (SSSR count). The van der Waals surface area contributed by atoms with Crippen molar-refractivity contribution in [3.63, 3.8) is 0 Å². The third-order valence-corrected chi connectivity index (χ3v) is 2.93. The van der Waals surface area contributed by atoms with Gasteiger partial charge in [0.2, 0.25) is 0 Å². The minimum atomic E-state index is 0.723. The van der Waals surface area contributed by atoms with Crippen LogP contribution in [0.25, 0.3) is 10.2 Å². The quantitative estimate of drug-likeness (QED) is 0.815. The van der Waals surface area contributed by atoms with Crippen LogP contribution in [0.15, 0.2) is 18.2 Å². The van der Waals surface area contributed by atoms with E-state index in [4.69, 9.17) is 17.0 Å². The Morgan fingerprint density at radius 3 is 3.00 bits per heavy atom. The Kier molecular flexibility index (Phi) is 2.83. The second-order valence-corrected chi connectivity index (χ2v) is 4.68. The summed E-state index contributed by atoms with van der Waals surface area (Å²) in [5.41, 5.74) is 0.929. The van der Waals surface area contributed by atoms with Crippen molar-refractivity contribution in [3.05, 3.63) is 18.2 Å². The molecule has 0 fully saturated rings. The molecule has 1 N–H and O–H groups in total. The van der Waals surface area contributed by atoms with E-state index in [0.717, 1.165) is 26.1 Å². The number of thiocarbonyl (C=S) groups is 1. The molecule has 78 valence electrons. The van der Waals surface area contributed by atoms with Gasteiger partial charge in [-0.3, -0.25) is 0 Å². The molecule has 0 aliphatic carbocycles. The molecular formula is C10H10N2OS2. The highest BCUT2D eigenvalue weighted by atomic mass is 32.1. The van der Waals surface area contributed by atoms with Crippen LogP contribution in [0.4, 0.5) is 5.13 Å². The van der Waals surface area contributed by atoms with Crippen molar-refractivity contribution in [2.45, 2.75) is 6.92 Å². The van der Waals surface area contributed by atoms with Gasteiger partial charge in [0.15, 0.2) is 5.13 Å². The summed E-state index contributed by atoms with van der Waals surface area (Å²) in [6.07, 6.45) is 0. The lowest BCUT2D eigenvalue weighted by molar-refractivity contribution is 0.415. The van der Waals surface area contributed by atoms with Crippen LogP contribution in [0, 0.1) is 0 Å². The summed E-state index contributed by atoms with van der Waals surface area (Å²) >= 11 is 6.54. The second-order valence-electron chi connectivity index (χ2n) is 3.03. The lowest BCUT2D eigenvalue weighted by atomic mass is 10.3. The summed E-state index contributed by atoms with van der Waals surface area (Å²) in [5.74, 6) is 0.818. The van der Waals surface area contributed by atoms with Gasteiger partial charge in [0.1, 0.15) is 5.75 Å². The molecule has 1 aromatic carbocycles. The van der Waals surface area contributed by atoms with Gasteiger partial charge in [-0.05, 0) is 19.1 Å². The largest absolute Gasteiger partial charge is 0.497 e. The third-order valence-electron chi connectivity index (χ3n) is 1.88. The Bertz CT molecular complexity index is 507. The van der Waals surface area contributed by atoms with E-state index in [2.05, 4.69) is 10.3 Å². The molecule has 0 aliphatic heterocycles. The van der Waals surface area contributed by atoms with E-state index in [-0.39, 0.29) is 0 Å². The Hall–Kier alpha value is -1.20. The maximum atomic E-state index is 5.13. The first-order valence-electron chi connectivity index (χ1n) is 4.41. The SMILES string of the molecule is COc1ccc2sc(NC(C)=S)nc2c1. The van der Waals surface area contributed by atoms with Gasteiger partial charge in [0.05, 0.1) is 22.3 Å². The van der Waals surface area contributed by atoms with Crippen molar-refractivity contribution in [2.75, 3.05) is 12.4 Å². The summed E-state index contributed by atoms with van der Waals surface area (Å²) in [7, 11) is 1.65. The normalized spacial score (nSPS) is 10.3. The lowest BCUT2D eigenvalue weighted by Gasteiger charge is -1.96. The number of hydrogen-bond acceptors (Lipinski definition) is 4. The van der Waals surface area contributed by atoms with Crippen molar-refractivity contribution in [1.29, 1.82) is 0 Å². The number of hydrogen-bond donors (Lipinski definition) is 1. The predicted octanol–water partition coefficient (Wildman–Crippen LogP) is 3.06. The standard InChI is InChI=1S/C10H10N2OS2/c1-6(14)11-10-12-8-5-7(13-2)3-4-9(8)15-10/h3-5H,1-2H3,(H,11,12,14). The van der Waals surface area contributed by atoms with Crippen molar-refractivity contribution in [2.24, 2.45) is 0 Å². The van der Waals surface area contributed by atoms with Crippen molar-refractivity contribution >= 4 is 43.9 Å². The van der Waals surface area contributed by atoms with E-state index >= 15 is 0 Å². The van der Waals surface area contributed by atoms with Crippen molar-refractivity contribution in [1.82, 2.24) is 4.98 Å². The molecule has 5 heteroatoms. The van der Waals surface area contributed by atoms with Gasteiger partial charge < -0.3 is 10.1 Å². The summed E-state index contributed by atoms with van der Waals surface area (Å²) in [6, 6.07) is 5.83. The Balaban J connectivity index is 2.42. The maximum absolute atomic E-state index is 5.13. The number of thiazole rings is 1. The Morgan fingerprint density at radius 1 is 1.53 bits per heavy atom. The van der Waals surface area contributed by atoms with Crippen LogP contribution in [0.5, 0.6) is 5.75 Å². The molecule has 15 heavy (non-hydrogen) atoms. The van der Waals surface area contributed by atoms with Gasteiger partial charge in [0, 0.05) is 6.07 Å². The number of benzene rings is 1. The molecule has 0 saturated heterocycles. The zero-order chi connectivity index (χ0) is 10.8. The van der Waals surface area contributed by atoms with Crippen LogP contribution < -0.4 is 10.1 Å². The minimum absolute atomic E-state index is 0.723. The fraction of sp³-hybridized carbons (Fsp3) is 0.200. The smallest absolute Gasteiger partial charge is 0.188 e. The fourth-order valence-corrected chi connectivity index (χ4v) is 2.30. The fourth-order valence-electron chi connectivity index (χ4n) is 1.24. The molecule has 0 amide bonds. The van der Waals surface area contributed by atoms with E-state index in [1.54, 1.807) is 18.4 Å². The van der Waals surface area contributed by atoms with Crippen LogP contribution in [0.2, 0.25) is 0 Å². The number of methoxy groups -OCH3 is 1. The van der Waals surface area contributed by atoms with E-state index in [1.165, 1.54) is 0 Å². The number of anilines is 1. The number of aromatic nitrogens is 1. The average molecular weight is 238 g/mol. The maximum Gasteiger partial charge on any atom is 0.188 e. The van der Waals surface area contributed by atoms with Crippen molar-refractivity contribution < 1.29 is 4.74 Å². The highest BCUT2D eigenvalue weighted by Gasteiger charge is 2.04. The topological polar surface area (TPSA) is 34.1 Å². The van der Waals surface area contributed by atoms with Crippen LogP contribution >= 0.6 is 23.6 Å². The van der Waals surface area contributed by atoms with Gasteiger partial charge in [0.25, 0.3) is 0 Å². The van der Waals surface area contributed by atoms with Gasteiger partial charge in [-0.1, -0.05) is 23.6 Å². The molecular weight excluding hydrogens is 228 g/mol. The molecule has 0 radical (unpaired) electrons. The van der Waals surface area contributed by atoms with Crippen molar-refractivity contribution in [3.8, 4) is 5.75 Å². The zero-order valence-corrected chi connectivity index (χ0v) is 10.0. The van der Waals surface area contributed by atoms with Crippen LogP contribution in [0.1, 0.15) is 6.92 Å². The molecule has 2 aromatic rings. The molecule has 0 saturated carbocycles. The summed E-state index contributed by atoms with van der Waals surface area (Å²) in [4.78, 5) is 5.12. The Labute approximate surface area is 97.1 Å². The Morgan fingerprint density at radius 2 is 2.33 bits per heavy atom. The number of fused-ring (bicyclic) bond motifs is 1. The first-order chi connectivity index (χ1) is 7.19. The molecule has 0 spiro atoms. The van der Waals surface area contributed by atoms with E-state index in [1.807, 2.05) is 25.1 Å². The summed E-state index contributed by atoms with van der Waals surface area (Å²) < 4.78 is 6.25. The lowest BCUT2D eigenvalue weighted by Crippen LogP contribution is -2.02. The monoisotopic (exact) mass is 238 g/mol. The molecule has 0 bridgehead atoms. The van der Waals surface area contributed by atoms with Gasteiger partial charge >= 0.3 is 0 Å². The first-order valence-corrected chi connectivity index (χ1v) is 5.63. The molecule has 0 aliphatic rings. The summed E-state index contributed by atoms with van der Waals surface area (Å²) in [6.45, 7) is 1.84. The average Bonchev–Trinajstić information content (AvgIpc) is 2.57. The first kappa shape index (κ1) is 10.3. The van der Waals surface area contributed by atoms with Crippen LogP contribution in [-0.2, 0) is 0 Å². The highest BCUT2D eigenvalue weighted by molar-refractivity contribution is 7.80. The van der Waals surface area contributed by atoms with Gasteiger partial charge in [-0.2, -0.15) is 0 Å². The zero-order valence-electron chi connectivity index (χ0n) is 8.40. The number of ether oxygens (including phenoxy) is 1. The van der Waals surface area contributed by atoms with Gasteiger partial charge in [-0.15, -0.1) is 0 Å². The van der Waals surface area contributed by atoms with Crippen LogP contribution in [0.3, 0.4) is 0 Å². The molecule has 1 heterocycles. The number of rotatable bonds is 2. The predicted molar refractivity (Wildman–Crippen MR) is 68.1 cm³/mol. The number of nitrogens with one attached hydrogen (secondary N) is 1. The summed E-state index contributed by atoms with van der Waals surface area (Å²) in [5, 5.41) is 3.85. The molecule has 0 unspecified atom stereocenters. The second kappa shape index (κ2) is 4.12. The molecule has 0 atom stereocenters. The number of nitrogens with zero attached hydrogens (tertiary/aromatic N) is 1.